The molecule has 0 radical (unpaired) electrons. The van der Waals surface area contributed by atoms with Crippen molar-refractivity contribution in [1.29, 1.82) is 0 Å². The molecule has 1 aliphatic rings. The van der Waals surface area contributed by atoms with Crippen molar-refractivity contribution in [3.05, 3.63) is 29.6 Å². The zero-order valence-corrected chi connectivity index (χ0v) is 15.0. The van der Waals surface area contributed by atoms with Gasteiger partial charge in [0, 0.05) is 10.4 Å². The van der Waals surface area contributed by atoms with Crippen molar-refractivity contribution in [2.24, 2.45) is 17.3 Å². The van der Waals surface area contributed by atoms with Crippen molar-refractivity contribution in [2.75, 3.05) is 7.11 Å². The van der Waals surface area contributed by atoms with Gasteiger partial charge in [-0.15, -0.1) is 0 Å². The summed E-state index contributed by atoms with van der Waals surface area (Å²) in [4.78, 5) is 0.170. The number of hydrogen-bond acceptors (Lipinski definition) is 1. The fourth-order valence-electron chi connectivity index (χ4n) is 3.45. The first kappa shape index (κ1) is 16.8. The zero-order chi connectivity index (χ0) is 15.6. The Labute approximate surface area is 136 Å². The molecule has 1 nitrogen and oxygen atoms in total. The summed E-state index contributed by atoms with van der Waals surface area (Å²) in [6.45, 7) is 7.00. The maximum atomic E-state index is 13.6. The Morgan fingerprint density at radius 3 is 2.33 bits per heavy atom. The van der Waals surface area contributed by atoms with Gasteiger partial charge in [-0.05, 0) is 61.1 Å². The summed E-state index contributed by atoms with van der Waals surface area (Å²) >= 11 is 3.80. The van der Waals surface area contributed by atoms with Crippen LogP contribution in [0.25, 0.3) is 0 Å². The van der Waals surface area contributed by atoms with Gasteiger partial charge in [-0.2, -0.15) is 0 Å². The second kappa shape index (κ2) is 6.68. The van der Waals surface area contributed by atoms with Crippen molar-refractivity contribution >= 4 is 15.9 Å². The van der Waals surface area contributed by atoms with E-state index in [1.165, 1.54) is 31.7 Å². The molecule has 1 aromatic carbocycles. The molecule has 3 heteroatoms. The fraction of sp³-hybridized carbons (Fsp3) is 0.667. The summed E-state index contributed by atoms with van der Waals surface area (Å²) < 4.78 is 18.9. The Morgan fingerprint density at radius 2 is 1.81 bits per heavy atom. The molecule has 1 saturated carbocycles. The largest absolute Gasteiger partial charge is 0.496 e. The Balaban J connectivity index is 2.08. The van der Waals surface area contributed by atoms with E-state index < -0.39 is 0 Å². The van der Waals surface area contributed by atoms with E-state index in [9.17, 15) is 4.39 Å². The van der Waals surface area contributed by atoms with E-state index in [2.05, 4.69) is 36.7 Å². The van der Waals surface area contributed by atoms with E-state index in [1.54, 1.807) is 19.2 Å². The number of ether oxygens (including phenoxy) is 1. The lowest BCUT2D eigenvalue weighted by Crippen LogP contribution is -2.27. The van der Waals surface area contributed by atoms with E-state index >= 15 is 0 Å². The number of methoxy groups -OCH3 is 1. The number of hydrogen-bond donors (Lipinski definition) is 0. The molecule has 21 heavy (non-hydrogen) atoms. The predicted molar refractivity (Wildman–Crippen MR) is 89.5 cm³/mol. The summed E-state index contributed by atoms with van der Waals surface area (Å²) in [5.74, 6) is 1.93. The quantitative estimate of drug-likeness (QED) is 0.592. The normalized spacial score (nSPS) is 24.7. The van der Waals surface area contributed by atoms with Crippen molar-refractivity contribution in [1.82, 2.24) is 0 Å². The van der Waals surface area contributed by atoms with Gasteiger partial charge in [-0.1, -0.05) is 36.7 Å². The highest BCUT2D eigenvalue weighted by Gasteiger charge is 2.33. The minimum absolute atomic E-state index is 0.170. The molecule has 1 atom stereocenters. The topological polar surface area (TPSA) is 9.23 Å². The lowest BCUT2D eigenvalue weighted by molar-refractivity contribution is 0.149. The van der Waals surface area contributed by atoms with Crippen LogP contribution in [0.1, 0.15) is 56.8 Å². The first-order valence-electron chi connectivity index (χ1n) is 7.80. The molecule has 0 aromatic heterocycles. The summed E-state index contributed by atoms with van der Waals surface area (Å²) in [6.07, 6.45) is 4.90. The second-order valence-electron chi connectivity index (χ2n) is 7.27. The number of rotatable bonds is 3. The van der Waals surface area contributed by atoms with E-state index in [-0.39, 0.29) is 10.6 Å². The van der Waals surface area contributed by atoms with Crippen LogP contribution in [0.3, 0.4) is 0 Å². The molecular formula is C18H26BrFO. The van der Waals surface area contributed by atoms with Crippen LogP contribution in [0, 0.1) is 23.1 Å². The Kier molecular flexibility index (Phi) is 5.34. The average Bonchev–Trinajstić information content (AvgIpc) is 2.45. The number of halogens is 2. The molecule has 0 amide bonds. The predicted octanol–water partition coefficient (Wildman–Crippen LogP) is 6.12. The minimum Gasteiger partial charge on any atom is -0.496 e. The Morgan fingerprint density at radius 1 is 1.19 bits per heavy atom. The molecule has 0 bridgehead atoms. The summed E-state index contributed by atoms with van der Waals surface area (Å²) in [6, 6.07) is 4.78. The highest BCUT2D eigenvalue weighted by molar-refractivity contribution is 9.09. The molecule has 0 spiro atoms. The summed E-state index contributed by atoms with van der Waals surface area (Å²) in [7, 11) is 1.65. The third-order valence-corrected chi connectivity index (χ3v) is 6.14. The van der Waals surface area contributed by atoms with Gasteiger partial charge in [0.05, 0.1) is 7.11 Å². The Hall–Kier alpha value is -0.570. The molecule has 1 aromatic rings. The van der Waals surface area contributed by atoms with Crippen LogP contribution in [0.5, 0.6) is 5.75 Å². The van der Waals surface area contributed by atoms with Crippen LogP contribution in [0.15, 0.2) is 18.2 Å². The van der Waals surface area contributed by atoms with Crippen molar-refractivity contribution in [3.8, 4) is 5.75 Å². The molecule has 2 rings (SSSR count). The van der Waals surface area contributed by atoms with Gasteiger partial charge >= 0.3 is 0 Å². The van der Waals surface area contributed by atoms with Gasteiger partial charge < -0.3 is 4.74 Å². The molecule has 118 valence electrons. The summed E-state index contributed by atoms with van der Waals surface area (Å²) in [5, 5.41) is 0. The van der Waals surface area contributed by atoms with Crippen LogP contribution in [-0.4, -0.2) is 7.11 Å². The maximum Gasteiger partial charge on any atom is 0.123 e. The smallest absolute Gasteiger partial charge is 0.123 e. The second-order valence-corrected chi connectivity index (χ2v) is 8.25. The minimum atomic E-state index is -0.196. The molecule has 0 N–H and O–H groups in total. The SMILES string of the molecule is COc1ccc(F)cc1C(Br)C1CCC(C(C)(C)C)CC1. The lowest BCUT2D eigenvalue weighted by atomic mass is 9.69. The van der Waals surface area contributed by atoms with E-state index in [1.807, 2.05) is 0 Å². The monoisotopic (exact) mass is 356 g/mol. The number of benzene rings is 1. The van der Waals surface area contributed by atoms with Crippen LogP contribution < -0.4 is 4.74 Å². The first-order chi connectivity index (χ1) is 9.82. The van der Waals surface area contributed by atoms with Gasteiger partial charge in [0.25, 0.3) is 0 Å². The highest BCUT2D eigenvalue weighted by atomic mass is 79.9. The lowest BCUT2D eigenvalue weighted by Gasteiger charge is -2.38. The highest BCUT2D eigenvalue weighted by Crippen LogP contribution is 2.47. The van der Waals surface area contributed by atoms with Gasteiger partial charge in [-0.25, -0.2) is 4.39 Å². The van der Waals surface area contributed by atoms with Crippen LogP contribution in [-0.2, 0) is 0 Å². The van der Waals surface area contributed by atoms with E-state index in [4.69, 9.17) is 4.74 Å². The molecule has 1 aliphatic carbocycles. The van der Waals surface area contributed by atoms with Crippen LogP contribution in [0.4, 0.5) is 4.39 Å². The molecule has 0 heterocycles. The van der Waals surface area contributed by atoms with Crippen molar-refractivity contribution < 1.29 is 9.13 Å². The van der Waals surface area contributed by atoms with Gasteiger partial charge in [0.2, 0.25) is 0 Å². The third-order valence-electron chi connectivity index (χ3n) is 4.90. The molecule has 0 saturated heterocycles. The molecule has 1 fully saturated rings. The van der Waals surface area contributed by atoms with E-state index in [0.717, 1.165) is 17.2 Å². The maximum absolute atomic E-state index is 13.6. The average molecular weight is 357 g/mol. The third kappa shape index (κ3) is 4.00. The standard InChI is InChI=1S/C18H26BrFO/c1-18(2,3)13-7-5-12(6-8-13)17(19)15-11-14(20)9-10-16(15)21-4/h9-13,17H,5-8H2,1-4H3. The van der Waals surface area contributed by atoms with Crippen molar-refractivity contribution in [3.63, 3.8) is 0 Å². The zero-order valence-electron chi connectivity index (χ0n) is 13.5. The van der Waals surface area contributed by atoms with E-state index in [0.29, 0.717) is 11.3 Å². The fourth-order valence-corrected chi connectivity index (χ4v) is 4.34. The van der Waals surface area contributed by atoms with Crippen LogP contribution in [0.2, 0.25) is 0 Å². The molecule has 1 unspecified atom stereocenters. The van der Waals surface area contributed by atoms with Gasteiger partial charge in [0.1, 0.15) is 11.6 Å². The molecular weight excluding hydrogens is 331 g/mol. The first-order valence-corrected chi connectivity index (χ1v) is 8.72. The molecule has 0 aliphatic heterocycles. The van der Waals surface area contributed by atoms with Crippen molar-refractivity contribution in [2.45, 2.75) is 51.3 Å². The van der Waals surface area contributed by atoms with Gasteiger partial charge in [0.15, 0.2) is 0 Å². The number of alkyl halides is 1. The Bertz CT molecular complexity index is 473. The van der Waals surface area contributed by atoms with Crippen LogP contribution >= 0.6 is 15.9 Å². The van der Waals surface area contributed by atoms with Gasteiger partial charge in [-0.3, -0.25) is 0 Å². The summed E-state index contributed by atoms with van der Waals surface area (Å²) in [5.41, 5.74) is 1.33.